The number of aliphatic hydroxyl groups is 1. The SMILES string of the molecule is CCOC(C)(CC)C(O)c1ccnn1CC. The lowest BCUT2D eigenvalue weighted by atomic mass is 9.93. The van der Waals surface area contributed by atoms with Crippen molar-refractivity contribution < 1.29 is 9.84 Å². The van der Waals surface area contributed by atoms with Gasteiger partial charge in [-0.25, -0.2) is 0 Å². The summed E-state index contributed by atoms with van der Waals surface area (Å²) in [5.74, 6) is 0. The van der Waals surface area contributed by atoms with Crippen molar-refractivity contribution in [1.29, 1.82) is 0 Å². The van der Waals surface area contributed by atoms with Crippen LogP contribution >= 0.6 is 0 Å². The third kappa shape index (κ3) is 2.44. The first kappa shape index (κ1) is 13.2. The number of hydrogen-bond acceptors (Lipinski definition) is 3. The monoisotopic (exact) mass is 226 g/mol. The average molecular weight is 226 g/mol. The molecule has 16 heavy (non-hydrogen) atoms. The van der Waals surface area contributed by atoms with E-state index in [1.807, 2.05) is 33.8 Å². The van der Waals surface area contributed by atoms with E-state index >= 15 is 0 Å². The van der Waals surface area contributed by atoms with E-state index in [2.05, 4.69) is 5.10 Å². The maximum absolute atomic E-state index is 10.4. The summed E-state index contributed by atoms with van der Waals surface area (Å²) in [6, 6.07) is 1.85. The molecular weight excluding hydrogens is 204 g/mol. The van der Waals surface area contributed by atoms with Crippen molar-refractivity contribution in [3.8, 4) is 0 Å². The highest BCUT2D eigenvalue weighted by atomic mass is 16.5. The third-order valence-corrected chi connectivity index (χ3v) is 3.08. The van der Waals surface area contributed by atoms with Crippen LogP contribution in [0.2, 0.25) is 0 Å². The van der Waals surface area contributed by atoms with Crippen molar-refractivity contribution in [2.75, 3.05) is 6.61 Å². The predicted molar refractivity (Wildman–Crippen MR) is 63.2 cm³/mol. The van der Waals surface area contributed by atoms with Crippen LogP contribution in [0.5, 0.6) is 0 Å². The van der Waals surface area contributed by atoms with Crippen LogP contribution in [-0.2, 0) is 11.3 Å². The summed E-state index contributed by atoms with van der Waals surface area (Å²) in [4.78, 5) is 0. The molecule has 2 unspecified atom stereocenters. The highest BCUT2D eigenvalue weighted by Crippen LogP contribution is 2.31. The molecule has 2 atom stereocenters. The predicted octanol–water partition coefficient (Wildman–Crippen LogP) is 2.14. The van der Waals surface area contributed by atoms with E-state index in [0.29, 0.717) is 6.61 Å². The first-order valence-corrected chi connectivity index (χ1v) is 5.92. The molecule has 1 heterocycles. The number of nitrogens with zero attached hydrogens (tertiary/aromatic N) is 2. The standard InChI is InChI=1S/C12H22N2O2/c1-5-12(4,16-7-3)11(15)10-8-9-13-14(10)6-2/h8-9,11,15H,5-7H2,1-4H3. The molecule has 0 aromatic carbocycles. The Hall–Kier alpha value is -0.870. The fraction of sp³-hybridized carbons (Fsp3) is 0.750. The molecule has 4 nitrogen and oxygen atoms in total. The van der Waals surface area contributed by atoms with E-state index in [4.69, 9.17) is 4.74 Å². The molecule has 0 saturated heterocycles. The second-order valence-corrected chi connectivity index (χ2v) is 4.07. The number of aliphatic hydroxyl groups excluding tert-OH is 1. The van der Waals surface area contributed by atoms with Crippen LogP contribution in [0.25, 0.3) is 0 Å². The van der Waals surface area contributed by atoms with Gasteiger partial charge in [-0.1, -0.05) is 6.92 Å². The fourth-order valence-electron chi connectivity index (χ4n) is 1.86. The molecule has 0 aliphatic carbocycles. The van der Waals surface area contributed by atoms with Crippen molar-refractivity contribution >= 4 is 0 Å². The molecule has 1 aromatic heterocycles. The van der Waals surface area contributed by atoms with Gasteiger partial charge in [0.15, 0.2) is 0 Å². The largest absolute Gasteiger partial charge is 0.384 e. The zero-order valence-corrected chi connectivity index (χ0v) is 10.6. The third-order valence-electron chi connectivity index (χ3n) is 3.08. The molecule has 0 saturated carbocycles. The Morgan fingerprint density at radius 3 is 2.69 bits per heavy atom. The van der Waals surface area contributed by atoms with E-state index in [-0.39, 0.29) is 0 Å². The van der Waals surface area contributed by atoms with Crippen molar-refractivity contribution in [2.45, 2.75) is 52.4 Å². The highest BCUT2D eigenvalue weighted by molar-refractivity contribution is 5.09. The molecule has 1 aromatic rings. The summed E-state index contributed by atoms with van der Waals surface area (Å²) < 4.78 is 7.48. The quantitative estimate of drug-likeness (QED) is 0.808. The Morgan fingerprint density at radius 2 is 2.19 bits per heavy atom. The second-order valence-electron chi connectivity index (χ2n) is 4.07. The Balaban J connectivity index is 2.94. The second kappa shape index (κ2) is 5.46. The molecule has 1 rings (SSSR count). The summed E-state index contributed by atoms with van der Waals surface area (Å²) in [5, 5.41) is 14.6. The molecule has 4 heteroatoms. The first-order valence-electron chi connectivity index (χ1n) is 5.92. The van der Waals surface area contributed by atoms with Gasteiger partial charge in [-0.15, -0.1) is 0 Å². The average Bonchev–Trinajstić information content (AvgIpc) is 2.76. The van der Waals surface area contributed by atoms with Gasteiger partial charge in [0.1, 0.15) is 6.10 Å². The number of hydrogen-bond donors (Lipinski definition) is 1. The van der Waals surface area contributed by atoms with E-state index in [1.54, 1.807) is 10.9 Å². The van der Waals surface area contributed by atoms with Crippen LogP contribution in [0.15, 0.2) is 12.3 Å². The minimum atomic E-state index is -0.639. The number of rotatable bonds is 6. The van der Waals surface area contributed by atoms with Crippen molar-refractivity contribution in [2.24, 2.45) is 0 Å². The molecule has 1 N–H and O–H groups in total. The van der Waals surface area contributed by atoms with Gasteiger partial charge in [0.2, 0.25) is 0 Å². The lowest BCUT2D eigenvalue weighted by Crippen LogP contribution is -2.36. The molecule has 0 aliphatic heterocycles. The maximum atomic E-state index is 10.4. The molecule has 0 radical (unpaired) electrons. The highest BCUT2D eigenvalue weighted by Gasteiger charge is 2.34. The zero-order valence-electron chi connectivity index (χ0n) is 10.6. The number of aromatic nitrogens is 2. The molecular formula is C12H22N2O2. The smallest absolute Gasteiger partial charge is 0.124 e. The van der Waals surface area contributed by atoms with Crippen molar-refractivity contribution in [3.05, 3.63) is 18.0 Å². The normalized spacial score (nSPS) is 17.1. The van der Waals surface area contributed by atoms with E-state index < -0.39 is 11.7 Å². The summed E-state index contributed by atoms with van der Waals surface area (Å²) in [6.45, 7) is 9.26. The molecule has 0 bridgehead atoms. The Bertz CT molecular complexity index is 325. The maximum Gasteiger partial charge on any atom is 0.124 e. The van der Waals surface area contributed by atoms with E-state index in [0.717, 1.165) is 18.7 Å². The minimum absolute atomic E-state index is 0.540. The number of aryl methyl sites for hydroxylation is 1. The summed E-state index contributed by atoms with van der Waals surface area (Å²) in [5.41, 5.74) is 0.280. The summed E-state index contributed by atoms with van der Waals surface area (Å²) in [7, 11) is 0. The van der Waals surface area contributed by atoms with Gasteiger partial charge in [0.25, 0.3) is 0 Å². The van der Waals surface area contributed by atoms with Crippen molar-refractivity contribution in [1.82, 2.24) is 9.78 Å². The van der Waals surface area contributed by atoms with Gasteiger partial charge >= 0.3 is 0 Å². The van der Waals surface area contributed by atoms with Crippen LogP contribution in [0.3, 0.4) is 0 Å². The van der Waals surface area contributed by atoms with Gasteiger partial charge in [-0.2, -0.15) is 5.10 Å². The molecule has 0 aliphatic rings. The van der Waals surface area contributed by atoms with Gasteiger partial charge in [0, 0.05) is 19.3 Å². The lowest BCUT2D eigenvalue weighted by molar-refractivity contribution is -0.115. The summed E-state index contributed by atoms with van der Waals surface area (Å²) in [6.07, 6.45) is 1.83. The first-order chi connectivity index (χ1) is 7.59. The lowest BCUT2D eigenvalue weighted by Gasteiger charge is -2.33. The van der Waals surface area contributed by atoms with Crippen LogP contribution in [0.1, 0.15) is 45.9 Å². The molecule has 0 fully saturated rings. The van der Waals surface area contributed by atoms with Crippen molar-refractivity contribution in [3.63, 3.8) is 0 Å². The van der Waals surface area contributed by atoms with Gasteiger partial charge in [-0.3, -0.25) is 4.68 Å². The van der Waals surface area contributed by atoms with Crippen LogP contribution in [0.4, 0.5) is 0 Å². The van der Waals surface area contributed by atoms with Crippen LogP contribution in [0, 0.1) is 0 Å². The van der Waals surface area contributed by atoms with E-state index in [9.17, 15) is 5.11 Å². The van der Waals surface area contributed by atoms with Gasteiger partial charge < -0.3 is 9.84 Å². The Kier molecular flexibility index (Phi) is 4.50. The Labute approximate surface area is 97.2 Å². The number of ether oxygens (including phenoxy) is 1. The molecule has 92 valence electrons. The van der Waals surface area contributed by atoms with Crippen LogP contribution < -0.4 is 0 Å². The van der Waals surface area contributed by atoms with E-state index in [1.165, 1.54) is 0 Å². The summed E-state index contributed by atoms with van der Waals surface area (Å²) >= 11 is 0. The Morgan fingerprint density at radius 1 is 1.50 bits per heavy atom. The topological polar surface area (TPSA) is 47.3 Å². The fourth-order valence-corrected chi connectivity index (χ4v) is 1.86. The van der Waals surface area contributed by atoms with Crippen LogP contribution in [-0.4, -0.2) is 27.1 Å². The zero-order chi connectivity index (χ0) is 12.2. The molecule has 0 amide bonds. The molecule has 0 spiro atoms. The van der Waals surface area contributed by atoms with Gasteiger partial charge in [0.05, 0.1) is 11.3 Å². The minimum Gasteiger partial charge on any atom is -0.384 e. The van der Waals surface area contributed by atoms with Gasteiger partial charge in [-0.05, 0) is 33.3 Å².